The Morgan fingerprint density at radius 2 is 1.93 bits per heavy atom. The van der Waals surface area contributed by atoms with E-state index in [0.29, 0.717) is 11.8 Å². The van der Waals surface area contributed by atoms with Crippen LogP contribution in [-0.2, 0) is 0 Å². The van der Waals surface area contributed by atoms with E-state index in [1.807, 2.05) is 0 Å². The zero-order chi connectivity index (χ0) is 11.6. The summed E-state index contributed by atoms with van der Waals surface area (Å²) in [5.41, 5.74) is 15.6. The predicted molar refractivity (Wildman–Crippen MR) is 59.7 cm³/mol. The van der Waals surface area contributed by atoms with E-state index in [4.69, 9.17) is 34.2 Å². The lowest BCUT2D eigenvalue weighted by molar-refractivity contribution is 0.108. The van der Waals surface area contributed by atoms with Gasteiger partial charge in [-0.05, 0) is 11.8 Å². The lowest BCUT2D eigenvalue weighted by Gasteiger charge is -2.03. The number of nitrogens with one attached hydrogen (secondary N) is 1. The Bertz CT molecular complexity index is 436. The van der Waals surface area contributed by atoms with Gasteiger partial charge in [0.15, 0.2) is 27.7 Å². The minimum Gasteiger partial charge on any atom is -0.382 e. The largest absolute Gasteiger partial charge is 0.382 e. The fraction of sp³-hybridized carbons (Fsp3) is 0. The lowest BCUT2D eigenvalue weighted by atomic mass is 10.4. The molecule has 0 saturated carbocycles. The van der Waals surface area contributed by atoms with Crippen LogP contribution in [0.25, 0.3) is 0 Å². The number of carbonyl (C=O) groups is 1. The minimum absolute atomic E-state index is 0.0569. The maximum absolute atomic E-state index is 11.4. The van der Waals surface area contributed by atoms with Crippen molar-refractivity contribution in [2.45, 2.75) is 0 Å². The molecule has 7 N–H and O–H groups in total. The number of thioether (sulfide) groups is 1. The van der Waals surface area contributed by atoms with Crippen LogP contribution in [0, 0.1) is 5.41 Å². The van der Waals surface area contributed by atoms with Crippen LogP contribution in [0.3, 0.4) is 0 Å². The average Bonchev–Trinajstić information content (AvgIpc) is 2.09. The normalized spacial score (nSPS) is 9.93. The first-order valence-corrected chi connectivity index (χ1v) is 4.76. The van der Waals surface area contributed by atoms with Crippen molar-refractivity contribution in [2.24, 2.45) is 5.73 Å². The Morgan fingerprint density at radius 3 is 2.47 bits per heavy atom. The van der Waals surface area contributed by atoms with Gasteiger partial charge in [-0.2, -0.15) is 0 Å². The Balaban J connectivity index is 3.09. The Hall–Kier alpha value is -1.54. The number of nitrogens with zero attached hydrogens (tertiary/aromatic N) is 2. The lowest BCUT2D eigenvalue weighted by Crippen LogP contribution is -2.13. The van der Waals surface area contributed by atoms with Gasteiger partial charge in [0.1, 0.15) is 0 Å². The standard InChI is InChI=1S/C6H7ClN6OS/c7-2-4(9)13-3(8)1(12-2)5(14)15-6(10)11/h(H3,10,11)(H4,8,9,13). The molecular weight excluding hydrogens is 240 g/mol. The van der Waals surface area contributed by atoms with Gasteiger partial charge in [0.2, 0.25) is 5.12 Å². The van der Waals surface area contributed by atoms with Gasteiger partial charge in [0.05, 0.1) is 0 Å². The van der Waals surface area contributed by atoms with Gasteiger partial charge in [-0.1, -0.05) is 11.6 Å². The van der Waals surface area contributed by atoms with Crippen molar-refractivity contribution in [2.75, 3.05) is 11.5 Å². The number of hydrogen-bond donors (Lipinski definition) is 4. The van der Waals surface area contributed by atoms with Crippen LogP contribution in [0.15, 0.2) is 0 Å². The molecule has 80 valence electrons. The topological polar surface area (TPSA) is 145 Å². The number of hydrogen-bond acceptors (Lipinski definition) is 7. The number of halogens is 1. The number of anilines is 2. The van der Waals surface area contributed by atoms with E-state index in [2.05, 4.69) is 9.97 Å². The molecule has 0 aliphatic rings. The number of aromatic nitrogens is 2. The molecule has 7 nitrogen and oxygen atoms in total. The second-order valence-corrected chi connectivity index (χ2v) is 3.76. The molecule has 0 spiro atoms. The molecule has 0 aliphatic heterocycles. The van der Waals surface area contributed by atoms with E-state index in [0.717, 1.165) is 0 Å². The summed E-state index contributed by atoms with van der Waals surface area (Å²) in [7, 11) is 0. The molecule has 1 heterocycles. The van der Waals surface area contributed by atoms with Gasteiger partial charge in [-0.15, -0.1) is 0 Å². The summed E-state index contributed by atoms with van der Waals surface area (Å²) in [5.74, 6) is -0.200. The van der Waals surface area contributed by atoms with E-state index >= 15 is 0 Å². The van der Waals surface area contributed by atoms with Gasteiger partial charge in [-0.3, -0.25) is 10.2 Å². The van der Waals surface area contributed by atoms with Crippen LogP contribution in [0.2, 0.25) is 5.15 Å². The Labute approximate surface area is 93.9 Å². The zero-order valence-corrected chi connectivity index (χ0v) is 8.89. The first-order valence-electron chi connectivity index (χ1n) is 3.56. The van der Waals surface area contributed by atoms with E-state index in [1.165, 1.54) is 0 Å². The molecule has 0 saturated heterocycles. The molecule has 0 atom stereocenters. The van der Waals surface area contributed by atoms with Crippen molar-refractivity contribution in [1.29, 1.82) is 5.41 Å². The fourth-order valence-electron chi connectivity index (χ4n) is 0.740. The van der Waals surface area contributed by atoms with Gasteiger partial charge >= 0.3 is 0 Å². The minimum atomic E-state index is -0.602. The summed E-state index contributed by atoms with van der Waals surface area (Å²) in [6.07, 6.45) is 0. The molecule has 0 bridgehead atoms. The molecule has 0 aromatic carbocycles. The van der Waals surface area contributed by atoms with Gasteiger partial charge in [-0.25, -0.2) is 9.97 Å². The summed E-state index contributed by atoms with van der Waals surface area (Å²) < 4.78 is 0. The molecule has 1 aromatic rings. The average molecular weight is 247 g/mol. The monoisotopic (exact) mass is 246 g/mol. The maximum atomic E-state index is 11.4. The first-order chi connectivity index (χ1) is 6.91. The molecular formula is C6H7ClN6OS. The number of nitrogens with two attached hydrogens (primary N) is 3. The van der Waals surface area contributed by atoms with Crippen molar-refractivity contribution >= 4 is 45.3 Å². The highest BCUT2D eigenvalue weighted by Gasteiger charge is 2.17. The van der Waals surface area contributed by atoms with Crippen LogP contribution < -0.4 is 17.2 Å². The third-order valence-electron chi connectivity index (χ3n) is 1.30. The molecule has 0 unspecified atom stereocenters. The predicted octanol–water partition coefficient (Wildman–Crippen LogP) is 0.0613. The summed E-state index contributed by atoms with van der Waals surface area (Å²) in [6.45, 7) is 0. The highest BCUT2D eigenvalue weighted by Crippen LogP contribution is 2.20. The van der Waals surface area contributed by atoms with Crippen LogP contribution in [0.1, 0.15) is 10.5 Å². The fourth-order valence-corrected chi connectivity index (χ4v) is 1.31. The number of rotatable bonds is 1. The second-order valence-electron chi connectivity index (χ2n) is 2.39. The maximum Gasteiger partial charge on any atom is 0.249 e. The van der Waals surface area contributed by atoms with Crippen LogP contribution >= 0.6 is 23.4 Å². The molecule has 9 heteroatoms. The molecule has 0 aliphatic carbocycles. The van der Waals surface area contributed by atoms with Gasteiger partial charge in [0, 0.05) is 0 Å². The Kier molecular flexibility index (Phi) is 3.32. The van der Waals surface area contributed by atoms with Gasteiger partial charge < -0.3 is 17.2 Å². The highest BCUT2D eigenvalue weighted by molar-refractivity contribution is 8.26. The third-order valence-corrected chi connectivity index (χ3v) is 2.18. The second kappa shape index (κ2) is 4.32. The third kappa shape index (κ3) is 2.70. The smallest absolute Gasteiger partial charge is 0.249 e. The highest BCUT2D eigenvalue weighted by atomic mass is 35.5. The molecule has 0 radical (unpaired) electrons. The summed E-state index contributed by atoms with van der Waals surface area (Å²) >= 11 is 6.04. The molecule has 15 heavy (non-hydrogen) atoms. The molecule has 0 amide bonds. The van der Waals surface area contributed by atoms with E-state index in [9.17, 15) is 4.79 Å². The number of amidine groups is 1. The number of nitrogen functional groups attached to an aromatic ring is 2. The molecule has 1 aromatic heterocycles. The zero-order valence-electron chi connectivity index (χ0n) is 7.32. The van der Waals surface area contributed by atoms with Crippen molar-refractivity contribution in [1.82, 2.24) is 9.97 Å². The van der Waals surface area contributed by atoms with E-state index in [-0.39, 0.29) is 27.7 Å². The van der Waals surface area contributed by atoms with Gasteiger partial charge in [0.25, 0.3) is 0 Å². The van der Waals surface area contributed by atoms with Crippen LogP contribution in [-0.4, -0.2) is 20.3 Å². The quantitative estimate of drug-likeness (QED) is 0.405. The first kappa shape index (κ1) is 11.5. The van der Waals surface area contributed by atoms with E-state index < -0.39 is 5.12 Å². The molecule has 1 rings (SSSR count). The SMILES string of the molecule is N=C(N)SC(=O)c1nc(Cl)c(N)nc1N. The van der Waals surface area contributed by atoms with Crippen molar-refractivity contribution in [3.8, 4) is 0 Å². The molecule has 0 fully saturated rings. The summed E-state index contributed by atoms with van der Waals surface area (Å²) in [4.78, 5) is 18.7. The van der Waals surface area contributed by atoms with Crippen molar-refractivity contribution < 1.29 is 4.79 Å². The summed E-state index contributed by atoms with van der Waals surface area (Å²) in [5, 5.41) is 5.83. The van der Waals surface area contributed by atoms with Crippen molar-refractivity contribution in [3.05, 3.63) is 10.8 Å². The van der Waals surface area contributed by atoms with E-state index in [1.54, 1.807) is 0 Å². The van der Waals surface area contributed by atoms with Crippen LogP contribution in [0.4, 0.5) is 11.6 Å². The summed E-state index contributed by atoms with van der Waals surface area (Å²) in [6, 6.07) is 0. The van der Waals surface area contributed by atoms with Crippen molar-refractivity contribution in [3.63, 3.8) is 0 Å². The Morgan fingerprint density at radius 1 is 1.33 bits per heavy atom. The number of carbonyl (C=O) groups excluding carboxylic acids is 1. The van der Waals surface area contributed by atoms with Crippen LogP contribution in [0.5, 0.6) is 0 Å².